The Morgan fingerprint density at radius 1 is 1.18 bits per heavy atom. The number of H-pyrrole nitrogens is 1. The van der Waals surface area contributed by atoms with Gasteiger partial charge in [-0.25, -0.2) is 4.39 Å². The van der Waals surface area contributed by atoms with Crippen LogP contribution >= 0.6 is 23.2 Å². The Bertz CT molecular complexity index is 1170. The van der Waals surface area contributed by atoms with Gasteiger partial charge < -0.3 is 15.4 Å². The Morgan fingerprint density at radius 2 is 1.91 bits per heavy atom. The van der Waals surface area contributed by atoms with Crippen LogP contribution < -0.4 is 5.32 Å². The summed E-state index contributed by atoms with van der Waals surface area (Å²) in [5.41, 5.74) is 1.19. The van der Waals surface area contributed by atoms with Gasteiger partial charge in [0.1, 0.15) is 5.69 Å². The third-order valence-corrected chi connectivity index (χ3v) is 6.09. The number of carbonyl (C=O) groups excluding carboxylic acids is 2. The number of aliphatic hydroxyl groups is 1. The normalized spacial score (nSPS) is 14.9. The molecular formula is C23H21Cl2FN4O3. The number of anilines is 1. The Morgan fingerprint density at radius 3 is 2.61 bits per heavy atom. The van der Waals surface area contributed by atoms with Crippen LogP contribution in [0.1, 0.15) is 44.9 Å². The lowest BCUT2D eigenvalue weighted by Crippen LogP contribution is -2.35. The van der Waals surface area contributed by atoms with Gasteiger partial charge in [-0.3, -0.25) is 19.5 Å². The minimum absolute atomic E-state index is 0.0685. The van der Waals surface area contributed by atoms with Crippen LogP contribution in [0, 0.1) is 5.82 Å². The number of nitrogens with one attached hydrogen (secondary N) is 2. The molecule has 7 nitrogen and oxygen atoms in total. The van der Waals surface area contributed by atoms with E-state index in [9.17, 15) is 19.1 Å². The molecule has 0 aliphatic carbocycles. The van der Waals surface area contributed by atoms with E-state index in [4.69, 9.17) is 23.2 Å². The van der Waals surface area contributed by atoms with Gasteiger partial charge in [0.05, 0.1) is 39.3 Å². The summed E-state index contributed by atoms with van der Waals surface area (Å²) in [6.07, 6.45) is 4.15. The van der Waals surface area contributed by atoms with E-state index in [2.05, 4.69) is 20.2 Å². The molecule has 1 fully saturated rings. The van der Waals surface area contributed by atoms with Gasteiger partial charge in [0.2, 0.25) is 0 Å². The summed E-state index contributed by atoms with van der Waals surface area (Å²) in [5.74, 6) is -2.08. The highest BCUT2D eigenvalue weighted by Gasteiger charge is 2.22. The van der Waals surface area contributed by atoms with Crippen LogP contribution in [0.5, 0.6) is 0 Å². The van der Waals surface area contributed by atoms with Gasteiger partial charge in [0.15, 0.2) is 11.6 Å². The number of aromatic nitrogens is 2. The van der Waals surface area contributed by atoms with Crippen LogP contribution in [0.2, 0.25) is 10.0 Å². The maximum atomic E-state index is 14.3. The average molecular weight is 491 g/mol. The van der Waals surface area contributed by atoms with Crippen molar-refractivity contribution in [3.05, 3.63) is 81.1 Å². The molecule has 1 aliphatic rings. The lowest BCUT2D eigenvalue weighted by atomic mass is 10.0. The van der Waals surface area contributed by atoms with Gasteiger partial charge in [-0.05, 0) is 43.2 Å². The fraction of sp³-hybridized carbons (Fsp3) is 0.261. The molecule has 4 rings (SSSR count). The van der Waals surface area contributed by atoms with Crippen LogP contribution in [0.4, 0.5) is 10.1 Å². The van der Waals surface area contributed by atoms with Crippen molar-refractivity contribution < 1.29 is 19.1 Å². The van der Waals surface area contributed by atoms with Crippen molar-refractivity contribution in [3.8, 4) is 0 Å². The molecular weight excluding hydrogens is 470 g/mol. The number of hydrogen-bond donors (Lipinski definition) is 3. The van der Waals surface area contributed by atoms with E-state index < -0.39 is 17.5 Å². The van der Waals surface area contributed by atoms with E-state index >= 15 is 0 Å². The van der Waals surface area contributed by atoms with Gasteiger partial charge >= 0.3 is 0 Å². The first-order valence-corrected chi connectivity index (χ1v) is 11.1. The molecule has 1 amide bonds. The first-order valence-electron chi connectivity index (χ1n) is 10.3. The molecule has 1 aromatic carbocycles. The zero-order chi connectivity index (χ0) is 23.5. The van der Waals surface area contributed by atoms with Crippen molar-refractivity contribution in [2.24, 2.45) is 0 Å². The quantitative estimate of drug-likeness (QED) is 0.353. The van der Waals surface area contributed by atoms with Crippen molar-refractivity contribution in [2.75, 3.05) is 18.4 Å². The first kappa shape index (κ1) is 23.4. The first-order chi connectivity index (χ1) is 15.8. The van der Waals surface area contributed by atoms with Crippen LogP contribution in [-0.4, -0.2) is 50.9 Å². The van der Waals surface area contributed by atoms with E-state index in [-0.39, 0.29) is 33.0 Å². The van der Waals surface area contributed by atoms with E-state index in [1.165, 1.54) is 24.4 Å². The lowest BCUT2D eigenvalue weighted by Gasteiger charge is -2.29. The number of amides is 1. The molecule has 10 heteroatoms. The predicted molar refractivity (Wildman–Crippen MR) is 123 cm³/mol. The van der Waals surface area contributed by atoms with Gasteiger partial charge in [-0.15, -0.1) is 0 Å². The van der Waals surface area contributed by atoms with Crippen LogP contribution in [0.25, 0.3) is 0 Å². The fourth-order valence-corrected chi connectivity index (χ4v) is 4.02. The second-order valence-electron chi connectivity index (χ2n) is 7.85. The van der Waals surface area contributed by atoms with Gasteiger partial charge in [0.25, 0.3) is 5.91 Å². The van der Waals surface area contributed by atoms with Crippen LogP contribution in [0.3, 0.4) is 0 Å². The molecule has 0 saturated carbocycles. The largest absolute Gasteiger partial charge is 0.393 e. The number of carbonyl (C=O) groups is 2. The molecule has 33 heavy (non-hydrogen) atoms. The minimum Gasteiger partial charge on any atom is -0.393 e. The fourth-order valence-electron chi connectivity index (χ4n) is 3.63. The number of nitrogens with zero attached hydrogens (tertiary/aromatic N) is 2. The minimum atomic E-state index is -0.909. The molecule has 3 heterocycles. The van der Waals surface area contributed by atoms with Crippen LogP contribution in [-0.2, 0) is 6.54 Å². The summed E-state index contributed by atoms with van der Waals surface area (Å²) in [4.78, 5) is 34.6. The zero-order valence-corrected chi connectivity index (χ0v) is 19.0. The Kier molecular flexibility index (Phi) is 7.09. The number of halogens is 3. The number of aromatic amines is 1. The summed E-state index contributed by atoms with van der Waals surface area (Å²) in [6, 6.07) is 7.50. The molecule has 0 spiro atoms. The second-order valence-corrected chi connectivity index (χ2v) is 8.66. The standard InChI is InChI=1S/C23H21Cl2FN4O3/c24-17-3-4-18(25)21(26)20(17)22(32)13-9-19(28-10-13)23(33)29-14-1-2-15(27-11-14)12-30-7-5-16(31)6-8-30/h1-4,9-11,16,28,31H,5-8,12H2,(H,29,33). The predicted octanol–water partition coefficient (Wildman–Crippen LogP) is 4.30. The van der Waals surface area contributed by atoms with Crippen LogP contribution in [0.15, 0.2) is 42.7 Å². The summed E-state index contributed by atoms with van der Waals surface area (Å²) in [5, 5.41) is 12.0. The number of hydrogen-bond acceptors (Lipinski definition) is 5. The Hall–Kier alpha value is -2.78. The molecule has 0 radical (unpaired) electrons. The molecule has 1 saturated heterocycles. The van der Waals surface area contributed by atoms with E-state index in [0.29, 0.717) is 12.2 Å². The second kappa shape index (κ2) is 10.0. The number of ketones is 1. The summed E-state index contributed by atoms with van der Waals surface area (Å²) in [7, 11) is 0. The molecule has 0 unspecified atom stereocenters. The Balaban J connectivity index is 1.40. The average Bonchev–Trinajstić information content (AvgIpc) is 3.30. The van der Waals surface area contributed by atoms with E-state index in [0.717, 1.165) is 31.6 Å². The van der Waals surface area contributed by atoms with Crippen molar-refractivity contribution in [3.63, 3.8) is 0 Å². The molecule has 0 atom stereocenters. The monoisotopic (exact) mass is 490 g/mol. The molecule has 172 valence electrons. The molecule has 1 aliphatic heterocycles. The summed E-state index contributed by atoms with van der Waals surface area (Å²) in [6.45, 7) is 2.31. The number of likely N-dealkylation sites (tertiary alicyclic amines) is 1. The van der Waals surface area contributed by atoms with Gasteiger partial charge in [-0.2, -0.15) is 0 Å². The Labute approximate surface area is 199 Å². The van der Waals surface area contributed by atoms with Gasteiger partial charge in [0, 0.05) is 31.4 Å². The molecule has 3 aromatic rings. The number of aliphatic hydroxyl groups excluding tert-OH is 1. The van der Waals surface area contributed by atoms with E-state index in [1.54, 1.807) is 12.3 Å². The van der Waals surface area contributed by atoms with Crippen molar-refractivity contribution >= 4 is 40.6 Å². The third-order valence-electron chi connectivity index (χ3n) is 5.49. The third kappa shape index (κ3) is 5.42. The summed E-state index contributed by atoms with van der Waals surface area (Å²) < 4.78 is 14.3. The topological polar surface area (TPSA) is 98.3 Å². The van der Waals surface area contributed by atoms with E-state index in [1.807, 2.05) is 6.07 Å². The number of rotatable bonds is 6. The molecule has 3 N–H and O–H groups in total. The number of piperidine rings is 1. The summed E-state index contributed by atoms with van der Waals surface area (Å²) >= 11 is 11.7. The maximum Gasteiger partial charge on any atom is 0.272 e. The highest BCUT2D eigenvalue weighted by Crippen LogP contribution is 2.28. The lowest BCUT2D eigenvalue weighted by molar-refractivity contribution is 0.0786. The van der Waals surface area contributed by atoms with Crippen molar-refractivity contribution in [2.45, 2.75) is 25.5 Å². The number of pyridine rings is 1. The van der Waals surface area contributed by atoms with Gasteiger partial charge in [-0.1, -0.05) is 23.2 Å². The maximum absolute atomic E-state index is 14.3. The molecule has 0 bridgehead atoms. The SMILES string of the molecule is O=C(Nc1ccc(CN2CCC(O)CC2)nc1)c1cc(C(=O)c2c(Cl)ccc(Cl)c2F)c[nH]1. The molecule has 2 aromatic heterocycles. The smallest absolute Gasteiger partial charge is 0.272 e. The highest BCUT2D eigenvalue weighted by atomic mass is 35.5. The highest BCUT2D eigenvalue weighted by molar-refractivity contribution is 6.37. The van der Waals surface area contributed by atoms with Crippen molar-refractivity contribution in [1.82, 2.24) is 14.9 Å². The zero-order valence-electron chi connectivity index (χ0n) is 17.4. The number of benzene rings is 1. The van der Waals surface area contributed by atoms with Crippen molar-refractivity contribution in [1.29, 1.82) is 0 Å².